The fourth-order valence-electron chi connectivity index (χ4n) is 3.15. The highest BCUT2D eigenvalue weighted by Crippen LogP contribution is 2.18. The number of hydrogen-bond donors (Lipinski definition) is 2. The van der Waals surface area contributed by atoms with E-state index >= 15 is 0 Å². The third-order valence-electron chi connectivity index (χ3n) is 4.44. The number of nitrogens with one attached hydrogen (secondary N) is 1. The summed E-state index contributed by atoms with van der Waals surface area (Å²) in [5.74, 6) is -0.978. The third-order valence-corrected chi connectivity index (χ3v) is 4.44. The van der Waals surface area contributed by atoms with Gasteiger partial charge in [-0.2, -0.15) is 0 Å². The number of amides is 1. The van der Waals surface area contributed by atoms with Gasteiger partial charge in [0, 0.05) is 24.5 Å². The van der Waals surface area contributed by atoms with E-state index in [4.69, 9.17) is 5.11 Å². The lowest BCUT2D eigenvalue weighted by Crippen LogP contribution is -2.46. The monoisotopic (exact) mass is 327 g/mol. The van der Waals surface area contributed by atoms with Gasteiger partial charge in [0.05, 0.1) is 12.1 Å². The molecule has 0 saturated carbocycles. The average molecular weight is 327 g/mol. The van der Waals surface area contributed by atoms with Crippen molar-refractivity contribution >= 4 is 22.8 Å². The van der Waals surface area contributed by atoms with E-state index in [0.717, 1.165) is 29.3 Å². The number of piperidine rings is 1. The second kappa shape index (κ2) is 6.97. The summed E-state index contributed by atoms with van der Waals surface area (Å²) in [6.07, 6.45) is 1.51. The van der Waals surface area contributed by atoms with Crippen molar-refractivity contribution in [3.05, 3.63) is 41.6 Å². The molecule has 1 fully saturated rings. The Balaban J connectivity index is 1.65. The van der Waals surface area contributed by atoms with Crippen LogP contribution in [0.4, 0.5) is 0 Å². The number of aromatic nitrogens is 1. The number of benzene rings is 1. The highest BCUT2D eigenvalue weighted by Gasteiger charge is 2.22. The van der Waals surface area contributed by atoms with Gasteiger partial charge >= 0.3 is 5.97 Å². The Kier molecular flexibility index (Phi) is 4.76. The number of nitrogens with zero attached hydrogens (tertiary/aromatic N) is 2. The number of carboxylic acid groups (broad SMARTS) is 1. The van der Waals surface area contributed by atoms with E-state index in [1.807, 2.05) is 42.2 Å². The highest BCUT2D eigenvalue weighted by molar-refractivity contribution is 5.96. The van der Waals surface area contributed by atoms with Crippen LogP contribution in [0.5, 0.6) is 0 Å². The molecular formula is C18H21N3O3. The maximum Gasteiger partial charge on any atom is 0.317 e. The van der Waals surface area contributed by atoms with Gasteiger partial charge in [0.1, 0.15) is 5.69 Å². The fourth-order valence-corrected chi connectivity index (χ4v) is 3.15. The lowest BCUT2D eigenvalue weighted by molar-refractivity contribution is -0.138. The number of aryl methyl sites for hydroxylation is 1. The summed E-state index contributed by atoms with van der Waals surface area (Å²) in [7, 11) is 0. The first-order valence-electron chi connectivity index (χ1n) is 8.14. The van der Waals surface area contributed by atoms with Crippen LogP contribution in [0.25, 0.3) is 10.9 Å². The molecule has 0 spiro atoms. The molecule has 0 atom stereocenters. The predicted molar refractivity (Wildman–Crippen MR) is 91.0 cm³/mol. The molecule has 1 aliphatic rings. The van der Waals surface area contributed by atoms with E-state index in [2.05, 4.69) is 10.3 Å². The third kappa shape index (κ3) is 3.71. The number of likely N-dealkylation sites (tertiary alicyclic amines) is 1. The van der Waals surface area contributed by atoms with Crippen molar-refractivity contribution in [2.75, 3.05) is 19.6 Å². The Morgan fingerprint density at radius 3 is 2.71 bits per heavy atom. The molecule has 0 unspecified atom stereocenters. The number of carbonyl (C=O) groups excluding carboxylic acids is 1. The maximum atomic E-state index is 12.5. The number of fused-ring (bicyclic) bond motifs is 1. The van der Waals surface area contributed by atoms with Gasteiger partial charge in [0.15, 0.2) is 0 Å². The van der Waals surface area contributed by atoms with E-state index in [-0.39, 0.29) is 18.5 Å². The molecule has 1 aromatic heterocycles. The summed E-state index contributed by atoms with van der Waals surface area (Å²) < 4.78 is 0. The maximum absolute atomic E-state index is 12.5. The average Bonchev–Trinajstić information content (AvgIpc) is 2.56. The van der Waals surface area contributed by atoms with Crippen LogP contribution in [0.2, 0.25) is 0 Å². The summed E-state index contributed by atoms with van der Waals surface area (Å²) in [6.45, 7) is 3.40. The minimum atomic E-state index is -0.812. The molecule has 0 bridgehead atoms. The number of pyridine rings is 1. The Morgan fingerprint density at radius 2 is 2.00 bits per heavy atom. The molecular weight excluding hydrogens is 306 g/mol. The van der Waals surface area contributed by atoms with Crippen LogP contribution < -0.4 is 5.32 Å². The largest absolute Gasteiger partial charge is 0.480 e. The first-order valence-corrected chi connectivity index (χ1v) is 8.14. The second-order valence-corrected chi connectivity index (χ2v) is 6.26. The standard InChI is InChI=1S/C18H21N3O3/c1-12-10-16(20-15-5-3-2-4-14(12)15)18(24)19-13-6-8-21(9-7-13)11-17(22)23/h2-5,10,13H,6-9,11H2,1H3,(H,19,24)(H,22,23). The summed E-state index contributed by atoms with van der Waals surface area (Å²) >= 11 is 0. The molecule has 6 nitrogen and oxygen atoms in total. The molecule has 0 radical (unpaired) electrons. The van der Waals surface area contributed by atoms with Crippen molar-refractivity contribution in [3.8, 4) is 0 Å². The Labute approximate surface area is 140 Å². The highest BCUT2D eigenvalue weighted by atomic mass is 16.4. The van der Waals surface area contributed by atoms with Crippen LogP contribution in [0.3, 0.4) is 0 Å². The molecule has 3 rings (SSSR count). The Bertz CT molecular complexity index is 767. The van der Waals surface area contributed by atoms with Crippen molar-refractivity contribution in [1.29, 1.82) is 0 Å². The molecule has 2 aromatic rings. The van der Waals surface area contributed by atoms with Crippen LogP contribution in [-0.4, -0.2) is 52.5 Å². The lowest BCUT2D eigenvalue weighted by atomic mass is 10.0. The number of rotatable bonds is 4. The molecule has 1 aliphatic heterocycles. The molecule has 6 heteroatoms. The summed E-state index contributed by atoms with van der Waals surface area (Å²) in [5, 5.41) is 12.9. The number of aliphatic carboxylic acids is 1. The van der Waals surface area contributed by atoms with Crippen molar-refractivity contribution in [3.63, 3.8) is 0 Å². The molecule has 126 valence electrons. The van der Waals surface area contributed by atoms with E-state index < -0.39 is 5.97 Å². The van der Waals surface area contributed by atoms with E-state index in [1.54, 1.807) is 0 Å². The van der Waals surface area contributed by atoms with Gasteiger partial charge in [-0.3, -0.25) is 14.5 Å². The first kappa shape index (κ1) is 16.4. The smallest absolute Gasteiger partial charge is 0.317 e. The lowest BCUT2D eigenvalue weighted by Gasteiger charge is -2.31. The predicted octanol–water partition coefficient (Wildman–Crippen LogP) is 1.82. The van der Waals surface area contributed by atoms with Crippen molar-refractivity contribution in [2.45, 2.75) is 25.8 Å². The second-order valence-electron chi connectivity index (χ2n) is 6.26. The zero-order valence-corrected chi connectivity index (χ0v) is 13.7. The summed E-state index contributed by atoms with van der Waals surface area (Å²) in [5.41, 5.74) is 2.28. The zero-order chi connectivity index (χ0) is 17.1. The molecule has 24 heavy (non-hydrogen) atoms. The van der Waals surface area contributed by atoms with E-state index in [1.165, 1.54) is 0 Å². The Morgan fingerprint density at radius 1 is 1.29 bits per heavy atom. The number of hydrogen-bond acceptors (Lipinski definition) is 4. The minimum Gasteiger partial charge on any atom is -0.480 e. The van der Waals surface area contributed by atoms with Gasteiger partial charge < -0.3 is 10.4 Å². The van der Waals surface area contributed by atoms with E-state index in [0.29, 0.717) is 18.8 Å². The number of para-hydroxylation sites is 1. The summed E-state index contributed by atoms with van der Waals surface area (Å²) in [4.78, 5) is 29.6. The van der Waals surface area contributed by atoms with Crippen LogP contribution in [0, 0.1) is 6.92 Å². The van der Waals surface area contributed by atoms with Gasteiger partial charge in [-0.25, -0.2) is 4.98 Å². The fraction of sp³-hybridized carbons (Fsp3) is 0.389. The van der Waals surface area contributed by atoms with E-state index in [9.17, 15) is 9.59 Å². The summed E-state index contributed by atoms with van der Waals surface area (Å²) in [6, 6.07) is 9.66. The van der Waals surface area contributed by atoms with Gasteiger partial charge in [0.2, 0.25) is 0 Å². The Hall–Kier alpha value is -2.47. The van der Waals surface area contributed by atoms with Crippen molar-refractivity contribution in [2.24, 2.45) is 0 Å². The van der Waals surface area contributed by atoms with Crippen LogP contribution in [0.1, 0.15) is 28.9 Å². The molecule has 2 N–H and O–H groups in total. The van der Waals surface area contributed by atoms with Gasteiger partial charge in [-0.05, 0) is 37.5 Å². The zero-order valence-electron chi connectivity index (χ0n) is 13.7. The number of carboxylic acids is 1. The van der Waals surface area contributed by atoms with Crippen molar-refractivity contribution < 1.29 is 14.7 Å². The molecule has 1 saturated heterocycles. The molecule has 1 amide bonds. The van der Waals surface area contributed by atoms with Crippen molar-refractivity contribution in [1.82, 2.24) is 15.2 Å². The van der Waals surface area contributed by atoms with Gasteiger partial charge in [-0.15, -0.1) is 0 Å². The SMILES string of the molecule is Cc1cc(C(=O)NC2CCN(CC(=O)O)CC2)nc2ccccc12. The molecule has 1 aromatic carbocycles. The topological polar surface area (TPSA) is 82.5 Å². The van der Waals surface area contributed by atoms with Gasteiger partial charge in [0.25, 0.3) is 5.91 Å². The van der Waals surface area contributed by atoms with Gasteiger partial charge in [-0.1, -0.05) is 18.2 Å². The normalized spacial score (nSPS) is 16.2. The first-order chi connectivity index (χ1) is 11.5. The molecule has 2 heterocycles. The van der Waals surface area contributed by atoms with Crippen LogP contribution in [0.15, 0.2) is 30.3 Å². The number of carbonyl (C=O) groups is 2. The van der Waals surface area contributed by atoms with Crippen LogP contribution >= 0.6 is 0 Å². The van der Waals surface area contributed by atoms with Crippen LogP contribution in [-0.2, 0) is 4.79 Å². The molecule has 0 aliphatic carbocycles. The quantitative estimate of drug-likeness (QED) is 0.895. The minimum absolute atomic E-state index is 0.0616.